The third kappa shape index (κ3) is 11.2. The van der Waals surface area contributed by atoms with E-state index in [1.165, 1.54) is 44.9 Å². The van der Waals surface area contributed by atoms with Crippen molar-refractivity contribution in [2.75, 3.05) is 6.61 Å². The molecule has 0 aliphatic carbocycles. The van der Waals surface area contributed by atoms with Gasteiger partial charge in [0.05, 0.1) is 0 Å². The number of hydrogen-bond acceptors (Lipinski definition) is 2. The zero-order valence-electron chi connectivity index (χ0n) is 13.4. The third-order valence-corrected chi connectivity index (χ3v) is 3.71. The fourth-order valence-corrected chi connectivity index (χ4v) is 2.23. The number of unbranched alkanes of at least 4 members (excludes halogenated alkanes) is 8. The van der Waals surface area contributed by atoms with E-state index < -0.39 is 5.60 Å². The number of hydrogen-bond donors (Lipinski definition) is 0. The van der Waals surface area contributed by atoms with E-state index in [0.29, 0.717) is 0 Å². The molecule has 0 rings (SSSR count). The summed E-state index contributed by atoms with van der Waals surface area (Å²) >= 11 is 0. The molecule has 0 heterocycles. The second-order valence-corrected chi connectivity index (χ2v) is 5.86. The van der Waals surface area contributed by atoms with E-state index in [1.807, 2.05) is 6.92 Å². The van der Waals surface area contributed by atoms with Crippen LogP contribution in [0.15, 0.2) is 0 Å². The fraction of sp³-hybridized carbons (Fsp3) is 0.941. The van der Waals surface area contributed by atoms with Crippen molar-refractivity contribution in [1.82, 2.24) is 0 Å². The van der Waals surface area contributed by atoms with Gasteiger partial charge in [-0.15, -0.1) is 0 Å². The number of rotatable bonds is 14. The minimum atomic E-state index is -0.545. The maximum atomic E-state index is 11.1. The van der Waals surface area contributed by atoms with Gasteiger partial charge < -0.3 is 9.53 Å². The van der Waals surface area contributed by atoms with Gasteiger partial charge >= 0.3 is 0 Å². The average molecular weight is 270 g/mol. The van der Waals surface area contributed by atoms with Gasteiger partial charge in [-0.05, 0) is 19.8 Å². The predicted molar refractivity (Wildman–Crippen MR) is 82.6 cm³/mol. The van der Waals surface area contributed by atoms with E-state index in [2.05, 4.69) is 13.8 Å². The van der Waals surface area contributed by atoms with Gasteiger partial charge in [0.2, 0.25) is 0 Å². The molecular weight excluding hydrogens is 236 g/mol. The quantitative estimate of drug-likeness (QED) is 0.316. The Balaban J connectivity index is 3.43. The molecule has 0 amide bonds. The first kappa shape index (κ1) is 18.6. The molecule has 0 N–H and O–H groups in total. The van der Waals surface area contributed by atoms with Crippen LogP contribution in [-0.4, -0.2) is 18.5 Å². The van der Waals surface area contributed by atoms with Crippen molar-refractivity contribution in [3.05, 3.63) is 0 Å². The Morgan fingerprint density at radius 1 is 0.842 bits per heavy atom. The van der Waals surface area contributed by atoms with E-state index >= 15 is 0 Å². The highest BCUT2D eigenvalue weighted by atomic mass is 16.5. The van der Waals surface area contributed by atoms with Gasteiger partial charge in [0.1, 0.15) is 5.60 Å². The molecule has 0 fully saturated rings. The topological polar surface area (TPSA) is 26.3 Å². The first-order valence-electron chi connectivity index (χ1n) is 8.28. The molecule has 0 aliphatic heterocycles. The molecule has 1 unspecified atom stereocenters. The average Bonchev–Trinajstić information content (AvgIpc) is 2.43. The van der Waals surface area contributed by atoms with Crippen LogP contribution in [0.5, 0.6) is 0 Å². The first-order chi connectivity index (χ1) is 9.18. The largest absolute Gasteiger partial charge is 0.368 e. The van der Waals surface area contributed by atoms with E-state index in [0.717, 1.165) is 38.6 Å². The van der Waals surface area contributed by atoms with Crippen LogP contribution in [0.3, 0.4) is 0 Å². The molecule has 0 spiro atoms. The summed E-state index contributed by atoms with van der Waals surface area (Å²) in [4.78, 5) is 11.1. The zero-order chi connectivity index (χ0) is 14.4. The maximum Gasteiger partial charge on any atom is 0.151 e. The van der Waals surface area contributed by atoms with Gasteiger partial charge in [0.25, 0.3) is 0 Å². The molecule has 2 heteroatoms. The number of aldehydes is 1. The van der Waals surface area contributed by atoms with Gasteiger partial charge in [0, 0.05) is 6.61 Å². The number of carbonyl (C=O) groups is 1. The Morgan fingerprint density at radius 3 is 1.89 bits per heavy atom. The lowest BCUT2D eigenvalue weighted by Crippen LogP contribution is -2.31. The van der Waals surface area contributed by atoms with Crippen molar-refractivity contribution in [3.8, 4) is 0 Å². The summed E-state index contributed by atoms with van der Waals surface area (Å²) in [5.41, 5.74) is -0.545. The van der Waals surface area contributed by atoms with Crippen LogP contribution in [0, 0.1) is 0 Å². The van der Waals surface area contributed by atoms with Crippen LogP contribution < -0.4 is 0 Å². The van der Waals surface area contributed by atoms with Crippen molar-refractivity contribution in [2.24, 2.45) is 0 Å². The van der Waals surface area contributed by atoms with Crippen molar-refractivity contribution in [2.45, 2.75) is 97.0 Å². The van der Waals surface area contributed by atoms with Crippen molar-refractivity contribution in [1.29, 1.82) is 0 Å². The van der Waals surface area contributed by atoms with Gasteiger partial charge in [-0.1, -0.05) is 71.6 Å². The van der Waals surface area contributed by atoms with E-state index in [4.69, 9.17) is 4.74 Å². The molecule has 114 valence electrons. The van der Waals surface area contributed by atoms with Crippen LogP contribution >= 0.6 is 0 Å². The molecule has 0 aliphatic rings. The smallest absolute Gasteiger partial charge is 0.151 e. The molecule has 0 aromatic rings. The molecule has 2 nitrogen and oxygen atoms in total. The van der Waals surface area contributed by atoms with Crippen LogP contribution in [-0.2, 0) is 9.53 Å². The minimum absolute atomic E-state index is 0.545. The lowest BCUT2D eigenvalue weighted by molar-refractivity contribution is -0.130. The SMILES string of the molecule is CCCCCCCCCCOC(C)(C=O)CCCC. The van der Waals surface area contributed by atoms with Gasteiger partial charge in [-0.2, -0.15) is 0 Å². The van der Waals surface area contributed by atoms with E-state index in [9.17, 15) is 4.79 Å². The molecule has 1 atom stereocenters. The van der Waals surface area contributed by atoms with Gasteiger partial charge in [-0.3, -0.25) is 0 Å². The Labute approximate surface area is 120 Å². The molecule has 0 radical (unpaired) electrons. The highest BCUT2D eigenvalue weighted by Crippen LogP contribution is 2.17. The Hall–Kier alpha value is -0.370. The number of carbonyl (C=O) groups excluding carboxylic acids is 1. The molecular formula is C17H34O2. The summed E-state index contributed by atoms with van der Waals surface area (Å²) in [6.07, 6.45) is 14.4. The standard InChI is InChI=1S/C17H34O2/c1-4-6-8-9-10-11-12-13-15-19-17(3,16-18)14-7-5-2/h16H,4-15H2,1-3H3. The van der Waals surface area contributed by atoms with Crippen molar-refractivity contribution >= 4 is 6.29 Å². The molecule has 0 aromatic heterocycles. The number of ether oxygens (including phenoxy) is 1. The van der Waals surface area contributed by atoms with Crippen LogP contribution in [0.2, 0.25) is 0 Å². The second-order valence-electron chi connectivity index (χ2n) is 5.86. The highest BCUT2D eigenvalue weighted by Gasteiger charge is 2.22. The Kier molecular flexibility index (Phi) is 12.4. The third-order valence-electron chi connectivity index (χ3n) is 3.71. The summed E-state index contributed by atoms with van der Waals surface area (Å²) in [6, 6.07) is 0. The summed E-state index contributed by atoms with van der Waals surface area (Å²) in [5.74, 6) is 0. The fourth-order valence-electron chi connectivity index (χ4n) is 2.23. The first-order valence-corrected chi connectivity index (χ1v) is 8.28. The summed E-state index contributed by atoms with van der Waals surface area (Å²) < 4.78 is 5.76. The van der Waals surface area contributed by atoms with Crippen molar-refractivity contribution < 1.29 is 9.53 Å². The predicted octanol–water partition coefficient (Wildman–Crippen LogP) is 5.29. The molecule has 19 heavy (non-hydrogen) atoms. The zero-order valence-corrected chi connectivity index (χ0v) is 13.4. The Bertz CT molecular complexity index is 203. The Morgan fingerprint density at radius 2 is 1.37 bits per heavy atom. The van der Waals surface area contributed by atoms with Crippen LogP contribution in [0.1, 0.15) is 91.4 Å². The van der Waals surface area contributed by atoms with Gasteiger partial charge in [-0.25, -0.2) is 0 Å². The molecule has 0 saturated carbocycles. The monoisotopic (exact) mass is 270 g/mol. The second kappa shape index (κ2) is 12.7. The van der Waals surface area contributed by atoms with E-state index in [1.54, 1.807) is 0 Å². The molecule has 0 saturated heterocycles. The summed E-state index contributed by atoms with van der Waals surface area (Å²) in [5, 5.41) is 0. The molecule has 0 bridgehead atoms. The van der Waals surface area contributed by atoms with Crippen molar-refractivity contribution in [3.63, 3.8) is 0 Å². The van der Waals surface area contributed by atoms with Crippen LogP contribution in [0.4, 0.5) is 0 Å². The molecule has 0 aromatic carbocycles. The normalized spacial score (nSPS) is 14.3. The lowest BCUT2D eigenvalue weighted by atomic mass is 10.0. The maximum absolute atomic E-state index is 11.1. The highest BCUT2D eigenvalue weighted by molar-refractivity contribution is 5.61. The van der Waals surface area contributed by atoms with Gasteiger partial charge in [0.15, 0.2) is 6.29 Å². The lowest BCUT2D eigenvalue weighted by Gasteiger charge is -2.23. The summed E-state index contributed by atoms with van der Waals surface area (Å²) in [6.45, 7) is 7.04. The summed E-state index contributed by atoms with van der Waals surface area (Å²) in [7, 11) is 0. The minimum Gasteiger partial charge on any atom is -0.368 e. The van der Waals surface area contributed by atoms with E-state index in [-0.39, 0.29) is 0 Å². The van der Waals surface area contributed by atoms with Crippen LogP contribution in [0.25, 0.3) is 0 Å².